The van der Waals surface area contributed by atoms with Crippen molar-refractivity contribution in [1.82, 2.24) is 4.90 Å². The van der Waals surface area contributed by atoms with Crippen molar-refractivity contribution in [2.45, 2.75) is 39.2 Å². The highest BCUT2D eigenvalue weighted by Gasteiger charge is 2.20. The van der Waals surface area contributed by atoms with Crippen LogP contribution in [0.2, 0.25) is 0 Å². The predicted molar refractivity (Wildman–Crippen MR) is 79.8 cm³/mol. The Balaban J connectivity index is 1.78. The fourth-order valence-corrected chi connectivity index (χ4v) is 2.42. The highest BCUT2D eigenvalue weighted by molar-refractivity contribution is 5.76. The SMILES string of the molecule is Cc1ccc(C)c(OCCC(=O)N2CCC(N)CC2)c1. The fourth-order valence-electron chi connectivity index (χ4n) is 2.42. The first-order valence-electron chi connectivity index (χ1n) is 7.29. The molecule has 0 bridgehead atoms. The van der Waals surface area contributed by atoms with Crippen LogP contribution in [0.1, 0.15) is 30.4 Å². The van der Waals surface area contributed by atoms with Gasteiger partial charge in [-0.15, -0.1) is 0 Å². The second-order valence-corrected chi connectivity index (χ2v) is 5.59. The van der Waals surface area contributed by atoms with Gasteiger partial charge in [-0.3, -0.25) is 4.79 Å². The largest absolute Gasteiger partial charge is 0.493 e. The van der Waals surface area contributed by atoms with Crippen LogP contribution >= 0.6 is 0 Å². The lowest BCUT2D eigenvalue weighted by Crippen LogP contribution is -2.43. The molecule has 4 nitrogen and oxygen atoms in total. The number of ether oxygens (including phenoxy) is 1. The second kappa shape index (κ2) is 6.75. The first-order chi connectivity index (χ1) is 9.56. The number of rotatable bonds is 4. The molecule has 1 aliphatic heterocycles. The first kappa shape index (κ1) is 14.9. The average molecular weight is 276 g/mol. The van der Waals surface area contributed by atoms with Crippen LogP contribution in [0.5, 0.6) is 5.75 Å². The third-order valence-electron chi connectivity index (χ3n) is 3.81. The molecule has 20 heavy (non-hydrogen) atoms. The molecule has 110 valence electrons. The van der Waals surface area contributed by atoms with E-state index in [9.17, 15) is 4.79 Å². The summed E-state index contributed by atoms with van der Waals surface area (Å²) in [4.78, 5) is 14.0. The number of hydrogen-bond acceptors (Lipinski definition) is 3. The van der Waals surface area contributed by atoms with Gasteiger partial charge in [0.15, 0.2) is 0 Å². The quantitative estimate of drug-likeness (QED) is 0.915. The number of amides is 1. The van der Waals surface area contributed by atoms with Crippen molar-refractivity contribution in [2.75, 3.05) is 19.7 Å². The van der Waals surface area contributed by atoms with Crippen LogP contribution in [-0.2, 0) is 4.79 Å². The van der Waals surface area contributed by atoms with E-state index in [1.807, 2.05) is 30.9 Å². The molecule has 2 rings (SSSR count). The number of benzene rings is 1. The molecule has 1 aromatic rings. The molecule has 0 aromatic heterocycles. The van der Waals surface area contributed by atoms with Gasteiger partial charge in [0.25, 0.3) is 0 Å². The molecule has 1 aliphatic rings. The number of nitrogens with two attached hydrogens (primary N) is 1. The Morgan fingerprint density at radius 1 is 1.35 bits per heavy atom. The van der Waals surface area contributed by atoms with Gasteiger partial charge in [0.05, 0.1) is 13.0 Å². The van der Waals surface area contributed by atoms with Gasteiger partial charge in [-0.2, -0.15) is 0 Å². The van der Waals surface area contributed by atoms with Crippen LogP contribution in [0.25, 0.3) is 0 Å². The predicted octanol–water partition coefficient (Wildman–Crippen LogP) is 2.02. The summed E-state index contributed by atoms with van der Waals surface area (Å²) < 4.78 is 5.73. The summed E-state index contributed by atoms with van der Waals surface area (Å²) in [6, 6.07) is 6.37. The molecule has 1 saturated heterocycles. The molecule has 1 heterocycles. The molecule has 0 saturated carbocycles. The minimum atomic E-state index is 0.169. The van der Waals surface area contributed by atoms with Crippen LogP contribution in [-0.4, -0.2) is 36.5 Å². The number of nitrogens with zero attached hydrogens (tertiary/aromatic N) is 1. The van der Waals surface area contributed by atoms with E-state index >= 15 is 0 Å². The second-order valence-electron chi connectivity index (χ2n) is 5.59. The van der Waals surface area contributed by atoms with Crippen molar-refractivity contribution < 1.29 is 9.53 Å². The summed E-state index contributed by atoms with van der Waals surface area (Å²) in [6.07, 6.45) is 2.25. The standard InChI is InChI=1S/C16H24N2O2/c1-12-3-4-13(2)15(11-12)20-10-7-16(19)18-8-5-14(17)6-9-18/h3-4,11,14H,5-10,17H2,1-2H3. The van der Waals surface area contributed by atoms with Gasteiger partial charge in [-0.1, -0.05) is 12.1 Å². The summed E-state index contributed by atoms with van der Waals surface area (Å²) in [5, 5.41) is 0. The molecule has 0 atom stereocenters. The molecule has 1 fully saturated rings. The fraction of sp³-hybridized carbons (Fsp3) is 0.562. The monoisotopic (exact) mass is 276 g/mol. The highest BCUT2D eigenvalue weighted by atomic mass is 16.5. The number of aryl methyl sites for hydroxylation is 2. The zero-order valence-corrected chi connectivity index (χ0v) is 12.4. The number of likely N-dealkylation sites (tertiary alicyclic amines) is 1. The van der Waals surface area contributed by atoms with E-state index in [2.05, 4.69) is 6.07 Å². The van der Waals surface area contributed by atoms with E-state index in [4.69, 9.17) is 10.5 Å². The lowest BCUT2D eigenvalue weighted by Gasteiger charge is -2.30. The maximum atomic E-state index is 12.1. The third kappa shape index (κ3) is 3.97. The van der Waals surface area contributed by atoms with Crippen LogP contribution in [0.3, 0.4) is 0 Å². The molecule has 0 unspecified atom stereocenters. The van der Waals surface area contributed by atoms with Crippen LogP contribution in [0, 0.1) is 13.8 Å². The van der Waals surface area contributed by atoms with Crippen molar-refractivity contribution >= 4 is 5.91 Å². The maximum Gasteiger partial charge on any atom is 0.225 e. The third-order valence-corrected chi connectivity index (χ3v) is 3.81. The Hall–Kier alpha value is -1.55. The molecule has 1 aromatic carbocycles. The zero-order valence-electron chi connectivity index (χ0n) is 12.4. The summed E-state index contributed by atoms with van der Waals surface area (Å²) >= 11 is 0. The summed E-state index contributed by atoms with van der Waals surface area (Å²) in [7, 11) is 0. The molecule has 1 amide bonds. The van der Waals surface area contributed by atoms with Gasteiger partial charge in [0.2, 0.25) is 5.91 Å². The van der Waals surface area contributed by atoms with E-state index in [0.29, 0.717) is 13.0 Å². The smallest absolute Gasteiger partial charge is 0.225 e. The van der Waals surface area contributed by atoms with Gasteiger partial charge in [0.1, 0.15) is 5.75 Å². The first-order valence-corrected chi connectivity index (χ1v) is 7.29. The molecule has 2 N–H and O–H groups in total. The maximum absolute atomic E-state index is 12.1. The van der Waals surface area contributed by atoms with Crippen molar-refractivity contribution in [3.8, 4) is 5.75 Å². The Kier molecular flexibility index (Phi) is 5.01. The van der Waals surface area contributed by atoms with Crippen molar-refractivity contribution in [2.24, 2.45) is 5.73 Å². The highest BCUT2D eigenvalue weighted by Crippen LogP contribution is 2.19. The van der Waals surface area contributed by atoms with Gasteiger partial charge < -0.3 is 15.4 Å². The van der Waals surface area contributed by atoms with E-state index in [1.54, 1.807) is 0 Å². The van der Waals surface area contributed by atoms with Gasteiger partial charge in [0, 0.05) is 19.1 Å². The van der Waals surface area contributed by atoms with Crippen molar-refractivity contribution in [3.05, 3.63) is 29.3 Å². The van der Waals surface area contributed by atoms with E-state index in [-0.39, 0.29) is 11.9 Å². The lowest BCUT2D eigenvalue weighted by atomic mass is 10.1. The van der Waals surface area contributed by atoms with E-state index in [0.717, 1.165) is 37.2 Å². The zero-order chi connectivity index (χ0) is 14.5. The molecule has 0 spiro atoms. The number of carbonyl (C=O) groups is 1. The Labute approximate surface area is 120 Å². The van der Waals surface area contributed by atoms with Gasteiger partial charge in [-0.05, 0) is 43.9 Å². The Bertz CT molecular complexity index is 466. The summed E-state index contributed by atoms with van der Waals surface area (Å²) in [5.74, 6) is 1.04. The van der Waals surface area contributed by atoms with Crippen LogP contribution < -0.4 is 10.5 Å². The van der Waals surface area contributed by atoms with Crippen molar-refractivity contribution in [1.29, 1.82) is 0 Å². The van der Waals surface area contributed by atoms with Crippen LogP contribution in [0.4, 0.5) is 0 Å². The summed E-state index contributed by atoms with van der Waals surface area (Å²) in [5.41, 5.74) is 8.11. The molecule has 0 aliphatic carbocycles. The lowest BCUT2D eigenvalue weighted by molar-refractivity contribution is -0.132. The molecular formula is C16H24N2O2. The minimum Gasteiger partial charge on any atom is -0.493 e. The average Bonchev–Trinajstić information content (AvgIpc) is 2.43. The number of piperidine rings is 1. The number of carbonyl (C=O) groups excluding carboxylic acids is 1. The normalized spacial score (nSPS) is 16.2. The minimum absolute atomic E-state index is 0.169. The summed E-state index contributed by atoms with van der Waals surface area (Å²) in [6.45, 7) is 6.05. The Morgan fingerprint density at radius 3 is 2.75 bits per heavy atom. The van der Waals surface area contributed by atoms with Crippen LogP contribution in [0.15, 0.2) is 18.2 Å². The van der Waals surface area contributed by atoms with Crippen molar-refractivity contribution in [3.63, 3.8) is 0 Å². The molecule has 0 radical (unpaired) electrons. The van der Waals surface area contributed by atoms with Gasteiger partial charge in [-0.25, -0.2) is 0 Å². The van der Waals surface area contributed by atoms with Gasteiger partial charge >= 0.3 is 0 Å². The number of hydrogen-bond donors (Lipinski definition) is 1. The Morgan fingerprint density at radius 2 is 2.05 bits per heavy atom. The van der Waals surface area contributed by atoms with E-state index < -0.39 is 0 Å². The molecule has 4 heteroatoms. The molecular weight excluding hydrogens is 252 g/mol. The topological polar surface area (TPSA) is 55.6 Å². The van der Waals surface area contributed by atoms with E-state index in [1.165, 1.54) is 5.56 Å².